The van der Waals surface area contributed by atoms with Gasteiger partial charge < -0.3 is 0 Å². The van der Waals surface area contributed by atoms with Gasteiger partial charge in [0.2, 0.25) is 0 Å². The molecule has 0 aliphatic heterocycles. The van der Waals surface area contributed by atoms with E-state index in [1.165, 1.54) is 43.1 Å². The van der Waals surface area contributed by atoms with Crippen LogP contribution in [0, 0.1) is 0 Å². The van der Waals surface area contributed by atoms with Crippen LogP contribution in [-0.2, 0) is 0 Å². The highest BCUT2D eigenvalue weighted by molar-refractivity contribution is 6.22. The predicted molar refractivity (Wildman–Crippen MR) is 180 cm³/mol. The molecule has 3 nitrogen and oxygen atoms in total. The Morgan fingerprint density at radius 1 is 0.372 bits per heavy atom. The molecule has 43 heavy (non-hydrogen) atoms. The molecule has 0 saturated heterocycles. The van der Waals surface area contributed by atoms with Crippen LogP contribution in [0.3, 0.4) is 0 Å². The summed E-state index contributed by atoms with van der Waals surface area (Å²) in [6.45, 7) is 0. The second-order valence-corrected chi connectivity index (χ2v) is 11.1. The predicted octanol–water partition coefficient (Wildman–Crippen LogP) is 10.4. The van der Waals surface area contributed by atoms with E-state index in [9.17, 15) is 0 Å². The molecule has 0 fully saturated rings. The molecule has 7 aromatic carbocycles. The van der Waals surface area contributed by atoms with Crippen LogP contribution in [0.15, 0.2) is 152 Å². The molecular formula is C40H25N3. The van der Waals surface area contributed by atoms with Crippen molar-refractivity contribution in [2.24, 2.45) is 0 Å². The number of nitrogens with zero attached hydrogens (tertiary/aromatic N) is 3. The van der Waals surface area contributed by atoms with Crippen LogP contribution in [0.5, 0.6) is 0 Å². The molecule has 0 unspecified atom stereocenters. The number of para-hydroxylation sites is 1. The minimum atomic E-state index is 0.710. The van der Waals surface area contributed by atoms with Crippen molar-refractivity contribution in [3.63, 3.8) is 0 Å². The molecule has 0 aliphatic carbocycles. The first-order valence-electron chi connectivity index (χ1n) is 14.6. The van der Waals surface area contributed by atoms with Crippen LogP contribution in [-0.4, -0.2) is 14.5 Å². The fourth-order valence-corrected chi connectivity index (χ4v) is 6.55. The van der Waals surface area contributed by atoms with E-state index in [4.69, 9.17) is 9.97 Å². The van der Waals surface area contributed by atoms with Gasteiger partial charge in [0.15, 0.2) is 5.82 Å². The Morgan fingerprint density at radius 3 is 1.84 bits per heavy atom. The Kier molecular flexibility index (Phi) is 5.20. The van der Waals surface area contributed by atoms with Crippen molar-refractivity contribution in [1.82, 2.24) is 14.5 Å². The van der Waals surface area contributed by atoms with Crippen LogP contribution >= 0.6 is 0 Å². The molecule has 0 amide bonds. The molecule has 9 aromatic rings. The fourth-order valence-electron chi connectivity index (χ4n) is 6.55. The maximum Gasteiger partial charge on any atom is 0.162 e. The summed E-state index contributed by atoms with van der Waals surface area (Å²) >= 11 is 0. The topological polar surface area (TPSA) is 30.7 Å². The maximum atomic E-state index is 5.19. The van der Waals surface area contributed by atoms with Gasteiger partial charge in [0.1, 0.15) is 5.82 Å². The molecule has 0 bridgehead atoms. The molecule has 0 atom stereocenters. The van der Waals surface area contributed by atoms with Crippen LogP contribution < -0.4 is 0 Å². The third kappa shape index (κ3) is 3.75. The van der Waals surface area contributed by atoms with Gasteiger partial charge in [-0.3, -0.25) is 4.57 Å². The van der Waals surface area contributed by atoms with Crippen molar-refractivity contribution in [3.05, 3.63) is 152 Å². The highest BCUT2D eigenvalue weighted by Gasteiger charge is 2.18. The van der Waals surface area contributed by atoms with Gasteiger partial charge in [0.05, 0.1) is 16.7 Å². The van der Waals surface area contributed by atoms with Crippen molar-refractivity contribution in [3.8, 4) is 28.5 Å². The van der Waals surface area contributed by atoms with Crippen LogP contribution in [0.4, 0.5) is 0 Å². The highest BCUT2D eigenvalue weighted by Crippen LogP contribution is 2.38. The summed E-state index contributed by atoms with van der Waals surface area (Å²) in [5.74, 6) is 1.56. The number of hydrogen-bond donors (Lipinski definition) is 0. The molecule has 200 valence electrons. The molecular weight excluding hydrogens is 522 g/mol. The Bertz CT molecular complexity index is 2440. The summed E-state index contributed by atoms with van der Waals surface area (Å²) in [4.78, 5) is 10.2. The minimum absolute atomic E-state index is 0.710. The summed E-state index contributed by atoms with van der Waals surface area (Å²) in [6, 6.07) is 53.7. The molecule has 9 rings (SSSR count). The molecule has 2 heterocycles. The summed E-state index contributed by atoms with van der Waals surface area (Å²) in [5.41, 5.74) is 5.21. The van der Waals surface area contributed by atoms with Gasteiger partial charge >= 0.3 is 0 Å². The average Bonchev–Trinajstić information content (AvgIpc) is 3.41. The van der Waals surface area contributed by atoms with Crippen molar-refractivity contribution in [2.45, 2.75) is 0 Å². The lowest BCUT2D eigenvalue weighted by atomic mass is 9.96. The van der Waals surface area contributed by atoms with Gasteiger partial charge in [-0.1, -0.05) is 127 Å². The zero-order chi connectivity index (χ0) is 28.3. The van der Waals surface area contributed by atoms with E-state index in [2.05, 4.69) is 132 Å². The number of hydrogen-bond acceptors (Lipinski definition) is 2. The van der Waals surface area contributed by atoms with E-state index >= 15 is 0 Å². The summed E-state index contributed by atoms with van der Waals surface area (Å²) in [5, 5.41) is 9.99. The fraction of sp³-hybridized carbons (Fsp3) is 0. The van der Waals surface area contributed by atoms with Crippen LogP contribution in [0.1, 0.15) is 0 Å². The van der Waals surface area contributed by atoms with Gasteiger partial charge in [0, 0.05) is 28.0 Å². The summed E-state index contributed by atoms with van der Waals surface area (Å²) in [6.07, 6.45) is 0. The molecule has 3 heteroatoms. The third-order valence-electron chi connectivity index (χ3n) is 8.58. The van der Waals surface area contributed by atoms with Gasteiger partial charge in [-0.05, 0) is 50.5 Å². The van der Waals surface area contributed by atoms with Crippen molar-refractivity contribution >= 4 is 54.1 Å². The maximum absolute atomic E-state index is 5.19. The SMILES string of the molecule is c1ccc(-c2cc(-n3c4ccccc4c4cc5c(ccc6c7ccccc7ccc56)cc43)nc(-c3ccccc3)n2)cc1. The third-order valence-corrected chi connectivity index (χ3v) is 8.58. The van der Waals surface area contributed by atoms with E-state index in [-0.39, 0.29) is 0 Å². The molecule has 2 aromatic heterocycles. The average molecular weight is 548 g/mol. The van der Waals surface area contributed by atoms with Gasteiger partial charge in [-0.2, -0.15) is 0 Å². The zero-order valence-corrected chi connectivity index (χ0v) is 23.3. The van der Waals surface area contributed by atoms with E-state index in [0.29, 0.717) is 5.82 Å². The summed E-state index contributed by atoms with van der Waals surface area (Å²) < 4.78 is 2.30. The second kappa shape index (κ2) is 9.37. The zero-order valence-electron chi connectivity index (χ0n) is 23.3. The minimum Gasteiger partial charge on any atom is -0.294 e. The first-order valence-corrected chi connectivity index (χ1v) is 14.6. The smallest absolute Gasteiger partial charge is 0.162 e. The molecule has 0 aliphatic rings. The lowest BCUT2D eigenvalue weighted by Crippen LogP contribution is -2.02. The summed E-state index contributed by atoms with van der Waals surface area (Å²) in [7, 11) is 0. The number of rotatable bonds is 3. The Morgan fingerprint density at radius 2 is 1.02 bits per heavy atom. The quantitative estimate of drug-likeness (QED) is 0.206. The van der Waals surface area contributed by atoms with Gasteiger partial charge in [-0.15, -0.1) is 0 Å². The van der Waals surface area contributed by atoms with Crippen molar-refractivity contribution in [1.29, 1.82) is 0 Å². The van der Waals surface area contributed by atoms with Crippen molar-refractivity contribution < 1.29 is 0 Å². The van der Waals surface area contributed by atoms with E-state index in [0.717, 1.165) is 33.7 Å². The molecule has 0 radical (unpaired) electrons. The monoisotopic (exact) mass is 547 g/mol. The normalized spacial score (nSPS) is 11.7. The Balaban J connectivity index is 1.37. The Hall–Kier alpha value is -5.80. The van der Waals surface area contributed by atoms with Gasteiger partial charge in [0.25, 0.3) is 0 Å². The largest absolute Gasteiger partial charge is 0.294 e. The standard InChI is InChI=1S/C40H25N3/c1-3-12-27(13-4-1)36-25-39(42-40(41-36)28-14-5-2-6-15-28)43-37-18-10-9-17-33(37)35-24-34-29(23-38(35)43)20-22-31-30-16-8-7-11-26(30)19-21-32(31)34/h1-25H. The Labute approximate surface area is 248 Å². The molecule has 0 spiro atoms. The van der Waals surface area contributed by atoms with Crippen LogP contribution in [0.25, 0.3) is 82.6 Å². The highest BCUT2D eigenvalue weighted by atomic mass is 15.1. The lowest BCUT2D eigenvalue weighted by molar-refractivity contribution is 1.05. The first kappa shape index (κ1) is 23.9. The lowest BCUT2D eigenvalue weighted by Gasteiger charge is -2.13. The van der Waals surface area contributed by atoms with Crippen LogP contribution in [0.2, 0.25) is 0 Å². The van der Waals surface area contributed by atoms with E-state index in [1.54, 1.807) is 0 Å². The molecule has 0 saturated carbocycles. The van der Waals surface area contributed by atoms with Crippen molar-refractivity contribution in [2.75, 3.05) is 0 Å². The number of aromatic nitrogens is 3. The van der Waals surface area contributed by atoms with E-state index in [1.807, 2.05) is 24.3 Å². The molecule has 0 N–H and O–H groups in total. The number of fused-ring (bicyclic) bond motifs is 8. The van der Waals surface area contributed by atoms with E-state index < -0.39 is 0 Å². The van der Waals surface area contributed by atoms with Gasteiger partial charge in [-0.25, -0.2) is 9.97 Å². The number of benzene rings is 7. The second-order valence-electron chi connectivity index (χ2n) is 11.1. The first-order chi connectivity index (χ1) is 21.3.